The monoisotopic (exact) mass is 516 g/mol. The number of nitrogens with one attached hydrogen (secondary N) is 4. The molecule has 2 atom stereocenters. The number of hydrogen-bond donors (Lipinski definition) is 5. The molecule has 37 heavy (non-hydrogen) atoms. The van der Waals surface area contributed by atoms with Gasteiger partial charge in [0.15, 0.2) is 11.5 Å². The van der Waals surface area contributed by atoms with Gasteiger partial charge in [0.05, 0.1) is 6.33 Å². The highest BCUT2D eigenvalue weighted by molar-refractivity contribution is 5.82. The lowest BCUT2D eigenvalue weighted by atomic mass is 10.1. The molecule has 0 radical (unpaired) electrons. The third-order valence-corrected chi connectivity index (χ3v) is 6.78. The third kappa shape index (κ3) is 7.81. The lowest BCUT2D eigenvalue weighted by Gasteiger charge is -2.24. The molecule has 204 valence electrons. The Morgan fingerprint density at radius 3 is 2.46 bits per heavy atom. The van der Waals surface area contributed by atoms with Crippen molar-refractivity contribution in [3.8, 4) is 0 Å². The van der Waals surface area contributed by atoms with Crippen LogP contribution in [-0.4, -0.2) is 101 Å². The number of fused-ring (bicyclic) bond motifs is 1. The summed E-state index contributed by atoms with van der Waals surface area (Å²) in [5, 5.41) is 13.1. The molecule has 4 rings (SSSR count). The summed E-state index contributed by atoms with van der Waals surface area (Å²) < 4.78 is 7.79. The molecule has 0 aromatic carbocycles. The second-order valence-electron chi connectivity index (χ2n) is 9.47. The Bertz CT molecular complexity index is 1000. The van der Waals surface area contributed by atoms with E-state index in [9.17, 15) is 9.59 Å². The SMILES string of the molecule is Nc1ncnc2c1ncn2[C@H]1CC[C@@H](C(=O)NCCCCCC(=O)N2CCNCCNCCNCC2)O1. The van der Waals surface area contributed by atoms with Gasteiger partial charge in [0.2, 0.25) is 11.8 Å². The van der Waals surface area contributed by atoms with Gasteiger partial charge in [0.1, 0.15) is 24.2 Å². The molecule has 0 bridgehead atoms. The molecule has 2 aliphatic heterocycles. The summed E-state index contributed by atoms with van der Waals surface area (Å²) in [6, 6.07) is 0. The highest BCUT2D eigenvalue weighted by Crippen LogP contribution is 2.31. The first-order valence-electron chi connectivity index (χ1n) is 13.4. The quantitative estimate of drug-likeness (QED) is 0.285. The van der Waals surface area contributed by atoms with E-state index in [1.807, 2.05) is 4.90 Å². The molecule has 0 spiro atoms. The molecule has 4 heterocycles. The molecule has 2 aliphatic rings. The molecule has 0 aliphatic carbocycles. The maximum atomic E-state index is 12.7. The molecule has 0 saturated carbocycles. The summed E-state index contributed by atoms with van der Waals surface area (Å²) in [7, 11) is 0. The number of imidazole rings is 1. The Kier molecular flexibility index (Phi) is 10.4. The number of nitrogens with two attached hydrogens (primary N) is 1. The highest BCUT2D eigenvalue weighted by atomic mass is 16.5. The normalized spacial score (nSPS) is 21.9. The predicted octanol–water partition coefficient (Wildman–Crippen LogP) is -0.626. The Labute approximate surface area is 217 Å². The van der Waals surface area contributed by atoms with E-state index in [-0.39, 0.29) is 18.0 Å². The van der Waals surface area contributed by atoms with E-state index >= 15 is 0 Å². The summed E-state index contributed by atoms with van der Waals surface area (Å²) in [5.41, 5.74) is 7.00. The number of unbranched alkanes of at least 4 members (excludes halogenated alkanes) is 2. The number of aromatic nitrogens is 4. The fourth-order valence-corrected chi connectivity index (χ4v) is 4.68. The third-order valence-electron chi connectivity index (χ3n) is 6.78. The standard InChI is InChI=1S/C24H40N10O3/c25-22-21-23(31-16-30-22)34(17-32-21)20-6-5-18(37-20)24(36)29-7-3-1-2-4-19(35)33-14-12-27-10-8-26-9-11-28-13-15-33/h16-18,20,26-28H,1-15H2,(H,29,36)(H2,25,30,31)/t18-,20+/m0/s1. The lowest BCUT2D eigenvalue weighted by molar-refractivity contribution is -0.134. The Morgan fingerprint density at radius 1 is 0.973 bits per heavy atom. The number of nitrogens with zero attached hydrogens (tertiary/aromatic N) is 5. The van der Waals surface area contributed by atoms with Crippen LogP contribution in [0, 0.1) is 0 Å². The molecular formula is C24H40N10O3. The van der Waals surface area contributed by atoms with E-state index < -0.39 is 6.10 Å². The predicted molar refractivity (Wildman–Crippen MR) is 140 cm³/mol. The fourth-order valence-electron chi connectivity index (χ4n) is 4.68. The number of hydrogen-bond acceptors (Lipinski definition) is 10. The molecule has 2 aromatic rings. The van der Waals surface area contributed by atoms with Crippen molar-refractivity contribution in [3.63, 3.8) is 0 Å². The van der Waals surface area contributed by atoms with Crippen molar-refractivity contribution < 1.29 is 14.3 Å². The van der Waals surface area contributed by atoms with Crippen LogP contribution in [0.5, 0.6) is 0 Å². The molecule has 13 nitrogen and oxygen atoms in total. The highest BCUT2D eigenvalue weighted by Gasteiger charge is 2.32. The molecule has 2 aromatic heterocycles. The van der Waals surface area contributed by atoms with Gasteiger partial charge in [-0.05, 0) is 25.7 Å². The van der Waals surface area contributed by atoms with Crippen LogP contribution in [0.1, 0.15) is 44.8 Å². The molecule has 2 saturated heterocycles. The van der Waals surface area contributed by atoms with E-state index in [1.165, 1.54) is 6.33 Å². The Balaban J connectivity index is 1.11. The zero-order chi connectivity index (χ0) is 25.9. The van der Waals surface area contributed by atoms with E-state index in [0.29, 0.717) is 42.8 Å². The Morgan fingerprint density at radius 2 is 1.70 bits per heavy atom. The summed E-state index contributed by atoms with van der Waals surface area (Å²) in [5.74, 6) is 0.419. The zero-order valence-electron chi connectivity index (χ0n) is 21.5. The van der Waals surface area contributed by atoms with Gasteiger partial charge in [-0.3, -0.25) is 14.2 Å². The smallest absolute Gasteiger partial charge is 0.249 e. The number of carbonyl (C=O) groups is 2. The van der Waals surface area contributed by atoms with Crippen LogP contribution in [0.3, 0.4) is 0 Å². The minimum absolute atomic E-state index is 0.105. The van der Waals surface area contributed by atoms with Gasteiger partial charge in [-0.2, -0.15) is 0 Å². The van der Waals surface area contributed by atoms with Crippen LogP contribution in [0.15, 0.2) is 12.7 Å². The Hall–Kier alpha value is -2.87. The molecule has 13 heteroatoms. The topological polar surface area (TPSA) is 164 Å². The van der Waals surface area contributed by atoms with E-state index in [4.69, 9.17) is 10.5 Å². The zero-order valence-corrected chi connectivity index (χ0v) is 21.5. The van der Waals surface area contributed by atoms with Crippen molar-refractivity contribution in [2.24, 2.45) is 0 Å². The molecule has 2 amide bonds. The van der Waals surface area contributed by atoms with Crippen LogP contribution < -0.4 is 27.0 Å². The average Bonchev–Trinajstić information content (AvgIpc) is 3.54. The van der Waals surface area contributed by atoms with Crippen LogP contribution >= 0.6 is 0 Å². The lowest BCUT2D eigenvalue weighted by Crippen LogP contribution is -2.44. The van der Waals surface area contributed by atoms with E-state index in [2.05, 4.69) is 36.2 Å². The number of anilines is 1. The van der Waals surface area contributed by atoms with Crippen molar-refractivity contribution in [2.75, 3.05) is 64.6 Å². The second-order valence-corrected chi connectivity index (χ2v) is 9.47. The van der Waals surface area contributed by atoms with Gasteiger partial charge in [-0.15, -0.1) is 0 Å². The summed E-state index contributed by atoms with van der Waals surface area (Å²) in [6.07, 6.45) is 6.59. The molecule has 2 fully saturated rings. The van der Waals surface area contributed by atoms with Gasteiger partial charge < -0.3 is 36.6 Å². The van der Waals surface area contributed by atoms with Gasteiger partial charge in [0, 0.05) is 65.3 Å². The average molecular weight is 517 g/mol. The first kappa shape index (κ1) is 27.2. The molecule has 0 unspecified atom stereocenters. The molecule has 6 N–H and O–H groups in total. The number of carbonyl (C=O) groups excluding carboxylic acids is 2. The first-order chi connectivity index (χ1) is 18.1. The minimum atomic E-state index is -0.505. The van der Waals surface area contributed by atoms with Crippen LogP contribution in [-0.2, 0) is 14.3 Å². The number of ether oxygens (including phenoxy) is 1. The van der Waals surface area contributed by atoms with Crippen molar-refractivity contribution in [1.29, 1.82) is 0 Å². The number of rotatable bonds is 8. The summed E-state index contributed by atoms with van der Waals surface area (Å²) in [4.78, 5) is 39.7. The summed E-state index contributed by atoms with van der Waals surface area (Å²) >= 11 is 0. The van der Waals surface area contributed by atoms with Crippen molar-refractivity contribution >= 4 is 28.8 Å². The maximum Gasteiger partial charge on any atom is 0.249 e. The van der Waals surface area contributed by atoms with Crippen molar-refractivity contribution in [3.05, 3.63) is 12.7 Å². The van der Waals surface area contributed by atoms with Crippen LogP contribution in [0.4, 0.5) is 5.82 Å². The van der Waals surface area contributed by atoms with Gasteiger partial charge in [0.25, 0.3) is 0 Å². The van der Waals surface area contributed by atoms with Crippen LogP contribution in [0.25, 0.3) is 11.2 Å². The maximum absolute atomic E-state index is 12.7. The number of amides is 2. The van der Waals surface area contributed by atoms with Crippen LogP contribution in [0.2, 0.25) is 0 Å². The van der Waals surface area contributed by atoms with E-state index in [0.717, 1.165) is 71.6 Å². The summed E-state index contributed by atoms with van der Waals surface area (Å²) in [6.45, 7) is 7.34. The second kappa shape index (κ2) is 14.2. The largest absolute Gasteiger partial charge is 0.382 e. The molecular weight excluding hydrogens is 476 g/mol. The van der Waals surface area contributed by atoms with Crippen molar-refractivity contribution in [2.45, 2.75) is 50.9 Å². The first-order valence-corrected chi connectivity index (χ1v) is 13.4. The fraction of sp³-hybridized carbons (Fsp3) is 0.708. The van der Waals surface area contributed by atoms with Gasteiger partial charge in [-0.25, -0.2) is 15.0 Å². The van der Waals surface area contributed by atoms with Gasteiger partial charge >= 0.3 is 0 Å². The van der Waals surface area contributed by atoms with Crippen molar-refractivity contribution in [1.82, 2.24) is 45.7 Å². The number of nitrogen functional groups attached to an aromatic ring is 1. The van der Waals surface area contributed by atoms with Gasteiger partial charge in [-0.1, -0.05) is 6.42 Å². The van der Waals surface area contributed by atoms with E-state index in [1.54, 1.807) is 10.9 Å². The minimum Gasteiger partial charge on any atom is -0.382 e.